The van der Waals surface area contributed by atoms with Crippen LogP contribution in [0.1, 0.15) is 37.0 Å². The van der Waals surface area contributed by atoms with Crippen molar-refractivity contribution < 1.29 is 19.1 Å². The molecule has 1 heterocycles. The lowest BCUT2D eigenvalue weighted by Crippen LogP contribution is -2.44. The highest BCUT2D eigenvalue weighted by molar-refractivity contribution is 5.94. The molecule has 0 aliphatic carbocycles. The number of hydrogen-bond donors (Lipinski definition) is 2. The quantitative estimate of drug-likeness (QED) is 0.782. The Balaban J connectivity index is 2.69. The number of aromatic nitrogens is 1. The van der Waals surface area contributed by atoms with Gasteiger partial charge in [0.15, 0.2) is 0 Å². The smallest absolute Gasteiger partial charge is 0.303 e. The van der Waals surface area contributed by atoms with Crippen molar-refractivity contribution in [2.45, 2.75) is 32.2 Å². The SMILES string of the molecule is CC(C)(CCC(=O)O)NC(=O)c1cccnc1F. The molecule has 0 aliphatic rings. The molecule has 5 nitrogen and oxygen atoms in total. The standard InChI is InChI=1S/C12H15FN2O3/c1-12(2,6-5-9(16)17)15-11(18)8-4-3-7-14-10(8)13/h3-4,7H,5-6H2,1-2H3,(H,15,18)(H,16,17). The fourth-order valence-electron chi connectivity index (χ4n) is 1.41. The summed E-state index contributed by atoms with van der Waals surface area (Å²) < 4.78 is 13.3. The molecule has 18 heavy (non-hydrogen) atoms. The summed E-state index contributed by atoms with van der Waals surface area (Å²) in [7, 11) is 0. The van der Waals surface area contributed by atoms with E-state index in [2.05, 4.69) is 10.3 Å². The van der Waals surface area contributed by atoms with E-state index in [-0.39, 0.29) is 18.4 Å². The average Bonchev–Trinajstić information content (AvgIpc) is 2.26. The van der Waals surface area contributed by atoms with Gasteiger partial charge >= 0.3 is 5.97 Å². The van der Waals surface area contributed by atoms with E-state index in [1.165, 1.54) is 18.3 Å². The molecular formula is C12H15FN2O3. The molecular weight excluding hydrogens is 239 g/mol. The van der Waals surface area contributed by atoms with Crippen molar-refractivity contribution in [2.75, 3.05) is 0 Å². The maximum atomic E-state index is 13.3. The van der Waals surface area contributed by atoms with Crippen molar-refractivity contribution in [3.05, 3.63) is 29.8 Å². The van der Waals surface area contributed by atoms with E-state index in [0.717, 1.165) is 0 Å². The summed E-state index contributed by atoms with van der Waals surface area (Å²) in [6, 6.07) is 2.78. The van der Waals surface area contributed by atoms with Crippen molar-refractivity contribution >= 4 is 11.9 Å². The van der Waals surface area contributed by atoms with E-state index < -0.39 is 23.4 Å². The highest BCUT2D eigenvalue weighted by Crippen LogP contribution is 2.13. The minimum Gasteiger partial charge on any atom is -0.481 e. The van der Waals surface area contributed by atoms with Gasteiger partial charge in [0.1, 0.15) is 0 Å². The Hall–Kier alpha value is -1.98. The number of pyridine rings is 1. The molecule has 0 radical (unpaired) electrons. The van der Waals surface area contributed by atoms with Gasteiger partial charge in [-0.25, -0.2) is 4.98 Å². The number of carboxylic acid groups (broad SMARTS) is 1. The second-order valence-corrected chi connectivity index (χ2v) is 4.57. The van der Waals surface area contributed by atoms with Crippen molar-refractivity contribution in [1.29, 1.82) is 0 Å². The molecule has 0 fully saturated rings. The van der Waals surface area contributed by atoms with E-state index in [1.54, 1.807) is 13.8 Å². The van der Waals surface area contributed by atoms with E-state index in [9.17, 15) is 14.0 Å². The Bertz CT molecular complexity index is 460. The van der Waals surface area contributed by atoms with Crippen LogP contribution in [0.5, 0.6) is 0 Å². The molecule has 98 valence electrons. The summed E-state index contributed by atoms with van der Waals surface area (Å²) >= 11 is 0. The molecule has 0 saturated carbocycles. The van der Waals surface area contributed by atoms with Gasteiger partial charge in [-0.1, -0.05) is 0 Å². The summed E-state index contributed by atoms with van der Waals surface area (Å²) in [5.74, 6) is -2.38. The summed E-state index contributed by atoms with van der Waals surface area (Å²) in [5.41, 5.74) is -0.876. The van der Waals surface area contributed by atoms with Crippen LogP contribution >= 0.6 is 0 Å². The molecule has 0 bridgehead atoms. The van der Waals surface area contributed by atoms with Gasteiger partial charge in [0.25, 0.3) is 5.91 Å². The zero-order chi connectivity index (χ0) is 13.8. The fraction of sp³-hybridized carbons (Fsp3) is 0.417. The molecule has 6 heteroatoms. The molecule has 0 spiro atoms. The van der Waals surface area contributed by atoms with Gasteiger partial charge in [-0.2, -0.15) is 4.39 Å². The molecule has 0 aliphatic heterocycles. The topological polar surface area (TPSA) is 79.3 Å². The first kappa shape index (κ1) is 14.1. The molecule has 1 aromatic heterocycles. The number of rotatable bonds is 5. The van der Waals surface area contributed by atoms with E-state index in [4.69, 9.17) is 5.11 Å². The Morgan fingerprint density at radius 1 is 1.50 bits per heavy atom. The zero-order valence-electron chi connectivity index (χ0n) is 10.2. The number of amides is 1. The second kappa shape index (κ2) is 5.57. The van der Waals surface area contributed by atoms with Crippen LogP contribution in [-0.4, -0.2) is 27.5 Å². The predicted molar refractivity (Wildman–Crippen MR) is 62.6 cm³/mol. The molecule has 0 saturated heterocycles. The van der Waals surface area contributed by atoms with Gasteiger partial charge in [0.2, 0.25) is 5.95 Å². The largest absolute Gasteiger partial charge is 0.481 e. The molecule has 2 N–H and O–H groups in total. The van der Waals surface area contributed by atoms with Crippen LogP contribution in [0.15, 0.2) is 18.3 Å². The van der Waals surface area contributed by atoms with Crippen molar-refractivity contribution in [1.82, 2.24) is 10.3 Å². The van der Waals surface area contributed by atoms with Gasteiger partial charge < -0.3 is 10.4 Å². The first-order valence-corrected chi connectivity index (χ1v) is 5.47. The highest BCUT2D eigenvalue weighted by Gasteiger charge is 2.23. The number of carboxylic acids is 1. The number of carbonyl (C=O) groups excluding carboxylic acids is 1. The van der Waals surface area contributed by atoms with E-state index in [1.807, 2.05) is 0 Å². The molecule has 0 unspecified atom stereocenters. The predicted octanol–water partition coefficient (Wildman–Crippen LogP) is 1.59. The lowest BCUT2D eigenvalue weighted by Gasteiger charge is -2.25. The van der Waals surface area contributed by atoms with Crippen molar-refractivity contribution in [3.8, 4) is 0 Å². The van der Waals surface area contributed by atoms with Crippen LogP contribution in [-0.2, 0) is 4.79 Å². The summed E-state index contributed by atoms with van der Waals surface area (Å²) in [6.07, 6.45) is 1.44. The molecule has 0 aromatic carbocycles. The minimum atomic E-state index is -0.940. The van der Waals surface area contributed by atoms with Crippen LogP contribution in [0.4, 0.5) is 4.39 Å². The van der Waals surface area contributed by atoms with Crippen LogP contribution in [0.2, 0.25) is 0 Å². The van der Waals surface area contributed by atoms with E-state index in [0.29, 0.717) is 0 Å². The van der Waals surface area contributed by atoms with Crippen molar-refractivity contribution in [2.24, 2.45) is 0 Å². The number of nitrogens with zero attached hydrogens (tertiary/aromatic N) is 1. The highest BCUT2D eigenvalue weighted by atomic mass is 19.1. The number of halogens is 1. The maximum absolute atomic E-state index is 13.3. The number of hydrogen-bond acceptors (Lipinski definition) is 3. The summed E-state index contributed by atoms with van der Waals surface area (Å²) in [4.78, 5) is 25.6. The Morgan fingerprint density at radius 2 is 2.17 bits per heavy atom. The monoisotopic (exact) mass is 254 g/mol. The van der Waals surface area contributed by atoms with Crippen LogP contribution in [0, 0.1) is 5.95 Å². The third-order valence-electron chi connectivity index (χ3n) is 2.42. The zero-order valence-corrected chi connectivity index (χ0v) is 10.2. The van der Waals surface area contributed by atoms with Gasteiger partial charge in [-0.15, -0.1) is 0 Å². The maximum Gasteiger partial charge on any atom is 0.303 e. The first-order chi connectivity index (χ1) is 8.32. The summed E-state index contributed by atoms with van der Waals surface area (Å²) in [5, 5.41) is 11.2. The third kappa shape index (κ3) is 4.12. The van der Waals surface area contributed by atoms with Gasteiger partial charge in [-0.05, 0) is 32.4 Å². The van der Waals surface area contributed by atoms with Gasteiger partial charge in [-0.3, -0.25) is 9.59 Å². The van der Waals surface area contributed by atoms with Gasteiger partial charge in [0, 0.05) is 18.2 Å². The Kier molecular flexibility index (Phi) is 4.36. The molecule has 1 rings (SSSR count). The Morgan fingerprint density at radius 3 is 2.72 bits per heavy atom. The van der Waals surface area contributed by atoms with Crippen LogP contribution in [0.25, 0.3) is 0 Å². The summed E-state index contributed by atoms with van der Waals surface area (Å²) in [6.45, 7) is 3.37. The fourth-order valence-corrected chi connectivity index (χ4v) is 1.41. The van der Waals surface area contributed by atoms with Crippen molar-refractivity contribution in [3.63, 3.8) is 0 Å². The van der Waals surface area contributed by atoms with Crippen LogP contribution < -0.4 is 5.32 Å². The normalized spacial score (nSPS) is 11.1. The van der Waals surface area contributed by atoms with Crippen LogP contribution in [0.3, 0.4) is 0 Å². The molecule has 0 atom stereocenters. The number of carbonyl (C=O) groups is 2. The number of nitrogens with one attached hydrogen (secondary N) is 1. The van der Waals surface area contributed by atoms with Gasteiger partial charge in [0.05, 0.1) is 5.56 Å². The third-order valence-corrected chi connectivity index (χ3v) is 2.42. The lowest BCUT2D eigenvalue weighted by atomic mass is 9.98. The second-order valence-electron chi connectivity index (χ2n) is 4.57. The lowest BCUT2D eigenvalue weighted by molar-refractivity contribution is -0.137. The van der Waals surface area contributed by atoms with E-state index >= 15 is 0 Å². The number of aliphatic carboxylic acids is 1. The minimum absolute atomic E-state index is 0.0667. The first-order valence-electron chi connectivity index (χ1n) is 5.47. The Labute approximate surface area is 104 Å². The average molecular weight is 254 g/mol. The molecule has 1 amide bonds. The molecule has 1 aromatic rings.